The number of carbonyl (C=O) groups excluding carboxylic acids is 7. The summed E-state index contributed by atoms with van der Waals surface area (Å²) in [6.45, 7) is 22.7. The Bertz CT molecular complexity index is 1880. The smallest absolute Gasteiger partial charge is 0.339 e. The van der Waals surface area contributed by atoms with Crippen LogP contribution < -0.4 is 0 Å². The van der Waals surface area contributed by atoms with Gasteiger partial charge in [-0.15, -0.1) is 0 Å². The van der Waals surface area contributed by atoms with Crippen LogP contribution in [0.1, 0.15) is 75.0 Å². The highest BCUT2D eigenvalue weighted by atomic mass is 16.6. The molecule has 0 saturated heterocycles. The molecule has 0 aliphatic heterocycles. The van der Waals surface area contributed by atoms with Crippen LogP contribution in [0.25, 0.3) is 11.1 Å². The number of benzene rings is 2. The fourth-order valence-electron chi connectivity index (χ4n) is 4.52. The Morgan fingerprint density at radius 2 is 0.867 bits per heavy atom. The lowest BCUT2D eigenvalue weighted by Crippen LogP contribution is -2.26. The van der Waals surface area contributed by atoms with Crippen LogP contribution in [-0.4, -0.2) is 110 Å². The first kappa shape index (κ1) is 49.4. The van der Waals surface area contributed by atoms with E-state index in [9.17, 15) is 43.8 Å². The minimum atomic E-state index is -1.43. The Morgan fingerprint density at radius 3 is 1.27 bits per heavy atom. The molecule has 0 aromatic heterocycles. The summed E-state index contributed by atoms with van der Waals surface area (Å²) in [5, 5.41) is 20.6. The van der Waals surface area contributed by atoms with Crippen LogP contribution in [-0.2, 0) is 47.5 Å². The Labute approximate surface area is 347 Å². The first-order chi connectivity index (χ1) is 28.2. The third kappa shape index (κ3) is 16.2. The first-order valence-corrected chi connectivity index (χ1v) is 18.2. The fourth-order valence-corrected chi connectivity index (χ4v) is 4.52. The average Bonchev–Trinajstić information content (AvgIpc) is 3.21. The molecule has 2 N–H and O–H groups in total. The van der Waals surface area contributed by atoms with Crippen LogP contribution in [0.3, 0.4) is 0 Å². The molecule has 0 amide bonds. The van der Waals surface area contributed by atoms with Crippen molar-refractivity contribution < 1.29 is 76.9 Å². The number of rotatable bonds is 24. The van der Waals surface area contributed by atoms with E-state index in [-0.39, 0.29) is 69.7 Å². The molecule has 0 aliphatic rings. The van der Waals surface area contributed by atoms with E-state index in [2.05, 4.69) is 39.8 Å². The normalized spacial score (nSPS) is 11.4. The van der Waals surface area contributed by atoms with E-state index in [1.165, 1.54) is 57.2 Å². The van der Waals surface area contributed by atoms with Crippen molar-refractivity contribution in [3.05, 3.63) is 126 Å². The van der Waals surface area contributed by atoms with Crippen LogP contribution in [0, 0.1) is 6.92 Å². The highest BCUT2D eigenvalue weighted by Gasteiger charge is 2.25. The summed E-state index contributed by atoms with van der Waals surface area (Å²) in [4.78, 5) is 88.5. The summed E-state index contributed by atoms with van der Waals surface area (Å²) < 4.78 is 35.8. The van der Waals surface area contributed by atoms with Gasteiger partial charge in [-0.1, -0.05) is 31.9 Å². The second-order valence-corrected chi connectivity index (χ2v) is 13.3. The number of carbonyl (C=O) groups is 7. The molecule has 2 aromatic rings. The van der Waals surface area contributed by atoms with Gasteiger partial charge < -0.3 is 43.4 Å². The van der Waals surface area contributed by atoms with Crippen LogP contribution in [0.5, 0.6) is 0 Å². The first-order valence-electron chi connectivity index (χ1n) is 18.2. The Kier molecular flexibility index (Phi) is 19.9. The molecule has 16 heteroatoms. The molecular formula is C44H49O16+. The number of esters is 7. The SMILES string of the molecule is C=C([CH2+])C(=C)CCC(O)COC(=O)c1ccc(-c2ccc(C(=O)OCC(O)COC(=O)C(=C)C)c(C(=O)OCCOC(=O)C(=C)C)c2)cc1C(=O)OCCOC(=O)C(=C)C. The maximum atomic E-state index is 13.4. The molecule has 60 heavy (non-hydrogen) atoms. The minimum Gasteiger partial charge on any atom is -0.459 e. The van der Waals surface area contributed by atoms with Crippen molar-refractivity contribution >= 4 is 41.8 Å². The lowest BCUT2D eigenvalue weighted by molar-refractivity contribution is -0.142. The largest absolute Gasteiger partial charge is 0.459 e. The number of hydrogen-bond donors (Lipinski definition) is 2. The fraction of sp³-hybridized carbons (Fsp3) is 0.318. The van der Waals surface area contributed by atoms with Crippen LogP contribution in [0.15, 0.2) is 97.2 Å². The zero-order valence-electron chi connectivity index (χ0n) is 33.8. The predicted octanol–water partition coefficient (Wildman–Crippen LogP) is 4.79. The number of allylic oxidation sites excluding steroid dienone is 2. The van der Waals surface area contributed by atoms with Crippen LogP contribution in [0.2, 0.25) is 0 Å². The van der Waals surface area contributed by atoms with Gasteiger partial charge in [0.05, 0.1) is 33.9 Å². The van der Waals surface area contributed by atoms with Gasteiger partial charge in [0.25, 0.3) is 0 Å². The third-order valence-corrected chi connectivity index (χ3v) is 7.90. The van der Waals surface area contributed by atoms with Crippen molar-refractivity contribution in [2.45, 2.75) is 45.8 Å². The highest BCUT2D eigenvalue weighted by Crippen LogP contribution is 2.28. The Hall–Kier alpha value is -6.78. The molecule has 2 rings (SSSR count). The maximum Gasteiger partial charge on any atom is 0.339 e. The maximum absolute atomic E-state index is 13.4. The van der Waals surface area contributed by atoms with Crippen molar-refractivity contribution in [1.29, 1.82) is 0 Å². The van der Waals surface area contributed by atoms with Gasteiger partial charge in [-0.2, -0.15) is 0 Å². The molecule has 0 saturated carbocycles. The summed E-state index contributed by atoms with van der Waals surface area (Å²) >= 11 is 0. The molecular weight excluding hydrogens is 784 g/mol. The lowest BCUT2D eigenvalue weighted by atomic mass is 9.95. The van der Waals surface area contributed by atoms with E-state index in [4.69, 9.17) is 33.2 Å². The number of hydrogen-bond acceptors (Lipinski definition) is 16. The molecule has 2 atom stereocenters. The molecule has 2 unspecified atom stereocenters. The van der Waals surface area contributed by atoms with Gasteiger partial charge in [0, 0.05) is 36.6 Å². The predicted molar refractivity (Wildman–Crippen MR) is 215 cm³/mol. The van der Waals surface area contributed by atoms with E-state index >= 15 is 0 Å². The van der Waals surface area contributed by atoms with Gasteiger partial charge in [-0.25, -0.2) is 33.6 Å². The molecule has 0 heterocycles. The van der Waals surface area contributed by atoms with Gasteiger partial charge in [0.1, 0.15) is 57.9 Å². The van der Waals surface area contributed by atoms with E-state index in [0.717, 1.165) is 0 Å². The lowest BCUT2D eigenvalue weighted by Gasteiger charge is -2.16. The van der Waals surface area contributed by atoms with Gasteiger partial charge in [0.2, 0.25) is 0 Å². The Morgan fingerprint density at radius 1 is 0.517 bits per heavy atom. The van der Waals surface area contributed by atoms with Crippen molar-refractivity contribution in [3.63, 3.8) is 0 Å². The second-order valence-electron chi connectivity index (χ2n) is 13.3. The zero-order valence-corrected chi connectivity index (χ0v) is 33.8. The quantitative estimate of drug-likeness (QED) is 0.0362. The van der Waals surface area contributed by atoms with Gasteiger partial charge in [0.15, 0.2) is 0 Å². The monoisotopic (exact) mass is 833 g/mol. The average molecular weight is 834 g/mol. The molecule has 0 aliphatic carbocycles. The number of aliphatic hydroxyl groups is 2. The van der Waals surface area contributed by atoms with Crippen molar-refractivity contribution in [3.8, 4) is 11.1 Å². The van der Waals surface area contributed by atoms with Crippen LogP contribution in [0.4, 0.5) is 0 Å². The molecule has 0 radical (unpaired) electrons. The molecule has 16 nitrogen and oxygen atoms in total. The highest BCUT2D eigenvalue weighted by molar-refractivity contribution is 6.06. The standard InChI is InChI=1S/C44H49O16/c1-25(2)29(9)10-13-32(45)22-59-41(50)34-14-11-30(20-36(34)43(52)56-18-16-54-38(47)26(3)4)31-12-15-35(42(51)60-24-33(46)23-58-40(49)28(7)8)37(21-31)44(53)57-19-17-55-39(48)27(5)6/h11-12,14-15,20-21,32-33,45-46H,1-3,5,7,9-10,13,16-19,22-24H2,4,6,8H3/q+1. The van der Waals surface area contributed by atoms with Gasteiger partial charge >= 0.3 is 41.8 Å². The summed E-state index contributed by atoms with van der Waals surface area (Å²) in [7, 11) is 0. The molecule has 2 aromatic carbocycles. The van der Waals surface area contributed by atoms with E-state index < -0.39 is 87.0 Å². The van der Waals surface area contributed by atoms with Crippen molar-refractivity contribution in [2.75, 3.05) is 46.2 Å². The molecule has 0 bridgehead atoms. The minimum absolute atomic E-state index is 0.0860. The third-order valence-electron chi connectivity index (χ3n) is 7.90. The number of aliphatic hydroxyl groups excluding tert-OH is 2. The molecule has 320 valence electrons. The van der Waals surface area contributed by atoms with Gasteiger partial charge in [-0.3, -0.25) is 0 Å². The number of ether oxygens (including phenoxy) is 7. The topological polar surface area (TPSA) is 225 Å². The Balaban J connectivity index is 2.49. The van der Waals surface area contributed by atoms with Gasteiger partial charge in [-0.05, 0) is 69.2 Å². The van der Waals surface area contributed by atoms with E-state index in [0.29, 0.717) is 17.6 Å². The zero-order chi connectivity index (χ0) is 45.1. The van der Waals surface area contributed by atoms with Crippen LogP contribution >= 0.6 is 0 Å². The molecule has 0 spiro atoms. The van der Waals surface area contributed by atoms with E-state index in [1.807, 2.05) is 0 Å². The summed E-state index contributed by atoms with van der Waals surface area (Å²) in [5.74, 6) is -6.37. The summed E-state index contributed by atoms with van der Waals surface area (Å²) in [6, 6.07) is 7.73. The van der Waals surface area contributed by atoms with E-state index in [1.54, 1.807) is 0 Å². The summed E-state index contributed by atoms with van der Waals surface area (Å²) in [6.07, 6.45) is -2.01. The summed E-state index contributed by atoms with van der Waals surface area (Å²) in [5.41, 5.74) is 0.612. The van der Waals surface area contributed by atoms with Crippen molar-refractivity contribution in [2.24, 2.45) is 0 Å². The second kappa shape index (κ2) is 24.2. The molecule has 0 fully saturated rings. The van der Waals surface area contributed by atoms with Crippen molar-refractivity contribution in [1.82, 2.24) is 0 Å².